The van der Waals surface area contributed by atoms with E-state index in [0.717, 1.165) is 12.8 Å². The molecule has 0 fully saturated rings. The van der Waals surface area contributed by atoms with E-state index in [2.05, 4.69) is 12.8 Å². The predicted octanol–water partition coefficient (Wildman–Crippen LogP) is -1.43. The Hall–Kier alpha value is 1.31. The molecule has 2 radical (unpaired) electrons. The van der Waals surface area contributed by atoms with Gasteiger partial charge in [0.05, 0.1) is 0 Å². The van der Waals surface area contributed by atoms with Crippen molar-refractivity contribution in [2.24, 2.45) is 0 Å². The maximum Gasteiger partial charge on any atom is 3.00 e. The van der Waals surface area contributed by atoms with Crippen LogP contribution in [0.4, 0.5) is 0 Å². The SMILES string of the molecule is CC(C)[O-].CC(C)[O-].CC(C)[O-].CC(C)[O-].[Br-].[C]#CCCCCCC.[Ti+2].[Ti+3]. The van der Waals surface area contributed by atoms with Crippen LogP contribution in [0.3, 0.4) is 0 Å². The fourth-order valence-electron chi connectivity index (χ4n) is 0.640. The average Bonchev–Trinajstić information content (AvgIpc) is 2.32. The van der Waals surface area contributed by atoms with E-state index in [9.17, 15) is 20.4 Å². The molecule has 27 heavy (non-hydrogen) atoms. The van der Waals surface area contributed by atoms with Crippen LogP contribution in [0, 0.1) is 12.3 Å². The Morgan fingerprint density at radius 3 is 1.04 bits per heavy atom. The number of unbranched alkanes of at least 4 members (excludes halogenated alkanes) is 4. The standard InChI is InChI=1S/C8H13.4C3H7O.BrH.2Ti/c1-3-5-7-8-6-4-2;4*1-3(2)4;;;/h3,5-8H2,1H3;4*3H,1-2H3;1H;;/q;4*-1;;+2;+3/p-1. The van der Waals surface area contributed by atoms with E-state index in [1.807, 2.05) is 0 Å². The fourth-order valence-corrected chi connectivity index (χ4v) is 0.640. The number of rotatable bonds is 4. The Balaban J connectivity index is -0.0000000282. The van der Waals surface area contributed by atoms with Crippen LogP contribution in [0.5, 0.6) is 0 Å². The van der Waals surface area contributed by atoms with Gasteiger partial charge in [-0.05, 0) is 12.8 Å². The summed E-state index contributed by atoms with van der Waals surface area (Å²) in [7, 11) is 0. The third-order valence-electron chi connectivity index (χ3n) is 1.16. The molecule has 0 saturated heterocycles. The van der Waals surface area contributed by atoms with Crippen molar-refractivity contribution in [3.8, 4) is 5.92 Å². The largest absolute Gasteiger partial charge is 3.00 e. The summed E-state index contributed by atoms with van der Waals surface area (Å²) in [4.78, 5) is 0. The van der Waals surface area contributed by atoms with Gasteiger partial charge in [-0.25, -0.2) is 0 Å². The number of halogens is 1. The molecule has 0 aromatic heterocycles. The maximum atomic E-state index is 9.53. The van der Waals surface area contributed by atoms with E-state index in [4.69, 9.17) is 6.42 Å². The molecule has 0 N–H and O–H groups in total. The molecule has 0 amide bonds. The van der Waals surface area contributed by atoms with Gasteiger partial charge in [-0.1, -0.05) is 87.5 Å². The first kappa shape index (κ1) is 51.2. The quantitative estimate of drug-likeness (QED) is 0.258. The average molecular weight is 521 g/mol. The summed E-state index contributed by atoms with van der Waals surface area (Å²) in [5.41, 5.74) is 0. The monoisotopic (exact) mass is 520 g/mol. The Kier molecular flexibility index (Phi) is 96.1. The van der Waals surface area contributed by atoms with Crippen LogP contribution in [-0.4, -0.2) is 24.4 Å². The van der Waals surface area contributed by atoms with E-state index in [0.29, 0.717) is 0 Å². The molecular formula is C20H41BrO4Ti2. The van der Waals surface area contributed by atoms with Crippen LogP contribution in [0.2, 0.25) is 0 Å². The van der Waals surface area contributed by atoms with Crippen LogP contribution in [0.1, 0.15) is 94.4 Å². The Morgan fingerprint density at radius 2 is 0.889 bits per heavy atom. The second kappa shape index (κ2) is 50.7. The summed E-state index contributed by atoms with van der Waals surface area (Å²) < 4.78 is 0. The third kappa shape index (κ3) is 440. The van der Waals surface area contributed by atoms with Gasteiger partial charge in [-0.3, -0.25) is 0 Å². The van der Waals surface area contributed by atoms with Crippen molar-refractivity contribution in [1.82, 2.24) is 0 Å². The van der Waals surface area contributed by atoms with Gasteiger partial charge in [0.1, 0.15) is 0 Å². The molecule has 0 unspecified atom stereocenters. The zero-order chi connectivity index (χ0) is 20.6. The zero-order valence-electron chi connectivity index (χ0n) is 18.9. The van der Waals surface area contributed by atoms with Gasteiger partial charge in [0.2, 0.25) is 0 Å². The molecule has 0 saturated carbocycles. The first-order valence-electron chi connectivity index (χ1n) is 8.87. The Bertz CT molecular complexity index is 187. The van der Waals surface area contributed by atoms with Crippen molar-refractivity contribution < 1.29 is 80.8 Å². The molecule has 0 aliphatic carbocycles. The summed E-state index contributed by atoms with van der Waals surface area (Å²) >= 11 is 0. The van der Waals surface area contributed by atoms with Crippen molar-refractivity contribution in [2.45, 2.75) is 119 Å². The number of hydrogen-bond acceptors (Lipinski definition) is 4. The van der Waals surface area contributed by atoms with Gasteiger partial charge in [0.15, 0.2) is 0 Å². The molecule has 0 aromatic rings. The fraction of sp³-hybridized carbons (Fsp3) is 0.900. The molecule has 0 rings (SSSR count). The molecule has 7 heteroatoms. The van der Waals surface area contributed by atoms with E-state index >= 15 is 0 Å². The van der Waals surface area contributed by atoms with Gasteiger partial charge in [-0.15, -0.1) is 24.4 Å². The minimum absolute atomic E-state index is 0. The van der Waals surface area contributed by atoms with Gasteiger partial charge < -0.3 is 37.4 Å². The van der Waals surface area contributed by atoms with E-state index in [1.54, 1.807) is 55.4 Å². The molecular weight excluding hydrogens is 480 g/mol. The van der Waals surface area contributed by atoms with E-state index < -0.39 is 24.4 Å². The van der Waals surface area contributed by atoms with Crippen molar-refractivity contribution in [3.05, 3.63) is 6.42 Å². The third-order valence-corrected chi connectivity index (χ3v) is 1.16. The van der Waals surface area contributed by atoms with Crippen molar-refractivity contribution >= 4 is 0 Å². The minimum atomic E-state index is -0.417. The zero-order valence-corrected chi connectivity index (χ0v) is 23.6. The molecule has 0 heterocycles. The first-order chi connectivity index (χ1) is 10.8. The van der Waals surface area contributed by atoms with E-state index in [-0.39, 0.29) is 60.4 Å². The summed E-state index contributed by atoms with van der Waals surface area (Å²) in [6, 6.07) is 0. The Morgan fingerprint density at radius 1 is 0.667 bits per heavy atom. The molecule has 0 aliphatic heterocycles. The van der Waals surface area contributed by atoms with Crippen LogP contribution in [-0.2, 0) is 43.4 Å². The molecule has 0 aromatic carbocycles. The normalized spacial score (nSPS) is 7.85. The van der Waals surface area contributed by atoms with Gasteiger partial charge >= 0.3 is 43.4 Å². The van der Waals surface area contributed by atoms with Gasteiger partial charge in [-0.2, -0.15) is 0 Å². The second-order valence-electron chi connectivity index (χ2n) is 6.18. The second-order valence-corrected chi connectivity index (χ2v) is 6.18. The molecule has 0 aliphatic rings. The molecule has 0 atom stereocenters. The summed E-state index contributed by atoms with van der Waals surface area (Å²) in [5, 5.41) is 38.1. The molecule has 4 nitrogen and oxygen atoms in total. The smallest absolute Gasteiger partial charge is 1.00 e. The van der Waals surface area contributed by atoms with E-state index in [1.165, 1.54) is 19.3 Å². The maximum absolute atomic E-state index is 9.53. The first-order valence-corrected chi connectivity index (χ1v) is 8.87. The minimum Gasteiger partial charge on any atom is -1.00 e. The number of hydrogen-bond donors (Lipinski definition) is 0. The molecule has 160 valence electrons. The van der Waals surface area contributed by atoms with Crippen molar-refractivity contribution in [2.75, 3.05) is 0 Å². The van der Waals surface area contributed by atoms with Gasteiger partial charge in [0, 0.05) is 6.42 Å². The Labute approximate surface area is 210 Å². The van der Waals surface area contributed by atoms with Crippen LogP contribution >= 0.6 is 0 Å². The summed E-state index contributed by atoms with van der Waals surface area (Å²) in [6.07, 6.45) is 10.8. The molecule has 0 spiro atoms. The summed E-state index contributed by atoms with van der Waals surface area (Å²) in [6.45, 7) is 15.1. The predicted molar refractivity (Wildman–Crippen MR) is 96.4 cm³/mol. The van der Waals surface area contributed by atoms with Crippen LogP contribution in [0.25, 0.3) is 0 Å². The van der Waals surface area contributed by atoms with Crippen molar-refractivity contribution in [1.29, 1.82) is 0 Å². The van der Waals surface area contributed by atoms with Crippen LogP contribution in [0.15, 0.2) is 0 Å². The topological polar surface area (TPSA) is 92.2 Å². The van der Waals surface area contributed by atoms with Crippen LogP contribution < -0.4 is 37.4 Å². The summed E-state index contributed by atoms with van der Waals surface area (Å²) in [5.74, 6) is 2.38. The molecule has 0 bridgehead atoms. The van der Waals surface area contributed by atoms with Crippen molar-refractivity contribution in [3.63, 3.8) is 0 Å². The van der Waals surface area contributed by atoms with Gasteiger partial charge in [0.25, 0.3) is 0 Å².